The highest BCUT2D eigenvalue weighted by Gasteiger charge is 2.34. The van der Waals surface area contributed by atoms with Gasteiger partial charge in [-0.05, 0) is 60.6 Å². The summed E-state index contributed by atoms with van der Waals surface area (Å²) in [4.78, 5) is 25.7. The molecule has 1 heterocycles. The van der Waals surface area contributed by atoms with E-state index in [1.54, 1.807) is 42.5 Å². The number of nitrogens with zero attached hydrogens (tertiary/aromatic N) is 2. The van der Waals surface area contributed by atoms with Gasteiger partial charge in [0.1, 0.15) is 6.07 Å². The molecule has 158 valence electrons. The van der Waals surface area contributed by atoms with Crippen molar-refractivity contribution in [2.24, 2.45) is 0 Å². The Labute approximate surface area is 193 Å². The van der Waals surface area contributed by atoms with Crippen LogP contribution < -0.4 is 14.9 Å². The third-order valence-electron chi connectivity index (χ3n) is 4.15. The number of carbonyl (C=O) groups is 2. The number of nitrogens with one attached hydrogen (secondary N) is 1. The Morgan fingerprint density at radius 3 is 2.77 bits per heavy atom. The number of thioether (sulfide) groups is 1. The summed E-state index contributed by atoms with van der Waals surface area (Å²) in [6.45, 7) is 1.75. The number of halogens is 1. The van der Waals surface area contributed by atoms with Gasteiger partial charge >= 0.3 is 0 Å². The zero-order chi connectivity index (χ0) is 22.5. The van der Waals surface area contributed by atoms with Crippen LogP contribution in [0.1, 0.15) is 21.5 Å². The Kier molecular flexibility index (Phi) is 7.17. The number of hydrazine groups is 1. The van der Waals surface area contributed by atoms with Gasteiger partial charge in [-0.1, -0.05) is 35.5 Å². The number of methoxy groups -OCH3 is 1. The van der Waals surface area contributed by atoms with E-state index in [1.807, 2.05) is 13.0 Å². The molecule has 0 radical (unpaired) electrons. The van der Waals surface area contributed by atoms with Crippen molar-refractivity contribution in [1.82, 2.24) is 10.4 Å². The number of nitriles is 1. The maximum atomic E-state index is 12.8. The third kappa shape index (κ3) is 5.17. The molecule has 1 N–H and O–H groups in total. The Morgan fingerprint density at radius 2 is 2.10 bits per heavy atom. The average molecular weight is 474 g/mol. The zero-order valence-electron chi connectivity index (χ0n) is 16.5. The van der Waals surface area contributed by atoms with E-state index in [4.69, 9.17) is 38.6 Å². The van der Waals surface area contributed by atoms with Crippen LogP contribution in [0.15, 0.2) is 41.3 Å². The summed E-state index contributed by atoms with van der Waals surface area (Å²) in [6, 6.07) is 11.9. The maximum Gasteiger partial charge on any atom is 0.285 e. The minimum atomic E-state index is -0.539. The highest BCUT2D eigenvalue weighted by molar-refractivity contribution is 8.26. The second-order valence-electron chi connectivity index (χ2n) is 6.30. The van der Waals surface area contributed by atoms with E-state index in [1.165, 1.54) is 7.11 Å². The predicted molar refractivity (Wildman–Crippen MR) is 123 cm³/mol. The molecule has 7 nitrogen and oxygen atoms in total. The molecule has 2 aromatic rings. The number of rotatable bonds is 6. The van der Waals surface area contributed by atoms with Crippen molar-refractivity contribution in [2.75, 3.05) is 13.7 Å². The molecule has 0 saturated carbocycles. The van der Waals surface area contributed by atoms with Crippen LogP contribution in [0.4, 0.5) is 0 Å². The SMILES string of the molecule is COc1cc(/C=C2/SC(=S)N(NC(=O)c3ccc(C)cc3Cl)C2=O)ccc1OCC#N. The number of thiocarbonyl (C=S) groups is 1. The molecule has 3 rings (SSSR count). The predicted octanol–water partition coefficient (Wildman–Crippen LogP) is 4.11. The molecule has 2 aromatic carbocycles. The second-order valence-corrected chi connectivity index (χ2v) is 8.38. The fourth-order valence-corrected chi connectivity index (χ4v) is 4.19. The lowest BCUT2D eigenvalue weighted by Crippen LogP contribution is -2.44. The Hall–Kier alpha value is -3.06. The quantitative estimate of drug-likeness (QED) is 0.498. The summed E-state index contributed by atoms with van der Waals surface area (Å²) in [5.74, 6) is -0.170. The van der Waals surface area contributed by atoms with E-state index in [0.717, 1.165) is 22.3 Å². The Morgan fingerprint density at radius 1 is 1.32 bits per heavy atom. The Balaban J connectivity index is 1.79. The number of carbonyl (C=O) groups excluding carboxylic acids is 2. The second kappa shape index (κ2) is 9.83. The molecule has 0 spiro atoms. The van der Waals surface area contributed by atoms with Crippen molar-refractivity contribution >= 4 is 57.8 Å². The number of ether oxygens (including phenoxy) is 2. The first kappa shape index (κ1) is 22.6. The molecule has 1 fully saturated rings. The fraction of sp³-hybridized carbons (Fsp3) is 0.143. The van der Waals surface area contributed by atoms with E-state index < -0.39 is 11.8 Å². The molecule has 0 bridgehead atoms. The van der Waals surface area contributed by atoms with Crippen molar-refractivity contribution in [2.45, 2.75) is 6.92 Å². The van der Waals surface area contributed by atoms with Crippen LogP contribution >= 0.6 is 35.6 Å². The van der Waals surface area contributed by atoms with Crippen LogP contribution in [-0.2, 0) is 4.79 Å². The summed E-state index contributed by atoms with van der Waals surface area (Å²) in [5, 5.41) is 9.96. The minimum Gasteiger partial charge on any atom is -0.493 e. The van der Waals surface area contributed by atoms with Gasteiger partial charge < -0.3 is 9.47 Å². The van der Waals surface area contributed by atoms with Gasteiger partial charge in [0.25, 0.3) is 11.8 Å². The normalized spacial score (nSPS) is 14.5. The molecule has 31 heavy (non-hydrogen) atoms. The van der Waals surface area contributed by atoms with Gasteiger partial charge in [-0.15, -0.1) is 0 Å². The summed E-state index contributed by atoms with van der Waals surface area (Å²) in [7, 11) is 1.48. The van der Waals surface area contributed by atoms with Crippen molar-refractivity contribution in [3.05, 3.63) is 63.0 Å². The van der Waals surface area contributed by atoms with E-state index in [-0.39, 0.29) is 21.5 Å². The molecule has 0 unspecified atom stereocenters. The van der Waals surface area contributed by atoms with Crippen LogP contribution in [-0.4, -0.2) is 34.9 Å². The number of hydrogen-bond acceptors (Lipinski definition) is 7. The van der Waals surface area contributed by atoms with Gasteiger partial charge in [0, 0.05) is 0 Å². The van der Waals surface area contributed by atoms with Crippen LogP contribution in [0.3, 0.4) is 0 Å². The standard InChI is InChI=1S/C21H16ClN3O4S2/c1-12-3-5-14(15(22)9-12)19(26)24-25-20(27)18(31-21(25)30)11-13-4-6-16(29-8-7-23)17(10-13)28-2/h3-6,9-11H,8H2,1-2H3,(H,24,26)/b18-11+. The molecule has 1 aliphatic rings. The smallest absolute Gasteiger partial charge is 0.285 e. The van der Waals surface area contributed by atoms with Crippen molar-refractivity contribution in [3.63, 3.8) is 0 Å². The van der Waals surface area contributed by atoms with Gasteiger partial charge in [0.05, 0.1) is 22.6 Å². The van der Waals surface area contributed by atoms with Gasteiger partial charge in [-0.25, -0.2) is 0 Å². The summed E-state index contributed by atoms with van der Waals surface area (Å²) < 4.78 is 10.8. The average Bonchev–Trinajstić information content (AvgIpc) is 2.99. The third-order valence-corrected chi connectivity index (χ3v) is 5.77. The monoisotopic (exact) mass is 473 g/mol. The molecular formula is C21H16ClN3O4S2. The number of amides is 2. The van der Waals surface area contributed by atoms with E-state index >= 15 is 0 Å². The Bertz CT molecular complexity index is 1140. The van der Waals surface area contributed by atoms with Gasteiger partial charge in [-0.2, -0.15) is 10.3 Å². The van der Waals surface area contributed by atoms with Crippen LogP contribution in [0.2, 0.25) is 5.02 Å². The highest BCUT2D eigenvalue weighted by Crippen LogP contribution is 2.34. The van der Waals surface area contributed by atoms with Gasteiger partial charge in [-0.3, -0.25) is 15.0 Å². The number of aryl methyl sites for hydroxylation is 1. The summed E-state index contributed by atoms with van der Waals surface area (Å²) in [6.07, 6.45) is 1.63. The van der Waals surface area contributed by atoms with E-state index in [2.05, 4.69) is 5.43 Å². The highest BCUT2D eigenvalue weighted by atomic mass is 35.5. The van der Waals surface area contributed by atoms with Crippen molar-refractivity contribution < 1.29 is 19.1 Å². The zero-order valence-corrected chi connectivity index (χ0v) is 18.9. The molecule has 0 aliphatic carbocycles. The van der Waals surface area contributed by atoms with Crippen molar-refractivity contribution in [3.8, 4) is 17.6 Å². The lowest BCUT2D eigenvalue weighted by Gasteiger charge is -2.16. The molecule has 1 saturated heterocycles. The fourth-order valence-electron chi connectivity index (χ4n) is 2.68. The van der Waals surface area contributed by atoms with E-state index in [0.29, 0.717) is 22.0 Å². The number of benzene rings is 2. The molecular weight excluding hydrogens is 458 g/mol. The van der Waals surface area contributed by atoms with Crippen LogP contribution in [0.25, 0.3) is 6.08 Å². The lowest BCUT2D eigenvalue weighted by atomic mass is 10.1. The van der Waals surface area contributed by atoms with E-state index in [9.17, 15) is 9.59 Å². The molecule has 0 atom stereocenters. The topological polar surface area (TPSA) is 91.7 Å². The molecule has 10 heteroatoms. The van der Waals surface area contributed by atoms with Crippen LogP contribution in [0, 0.1) is 18.3 Å². The van der Waals surface area contributed by atoms with Gasteiger partial charge in [0.15, 0.2) is 22.4 Å². The first-order chi connectivity index (χ1) is 14.8. The molecule has 0 aromatic heterocycles. The lowest BCUT2D eigenvalue weighted by molar-refractivity contribution is -0.123. The first-order valence-corrected chi connectivity index (χ1v) is 10.5. The van der Waals surface area contributed by atoms with Crippen LogP contribution in [0.5, 0.6) is 11.5 Å². The molecule has 1 aliphatic heterocycles. The number of hydrogen-bond donors (Lipinski definition) is 1. The van der Waals surface area contributed by atoms with Crippen molar-refractivity contribution in [1.29, 1.82) is 5.26 Å². The molecule has 2 amide bonds. The van der Waals surface area contributed by atoms with Gasteiger partial charge in [0.2, 0.25) is 0 Å². The summed E-state index contributed by atoms with van der Waals surface area (Å²) >= 11 is 12.5. The first-order valence-electron chi connectivity index (χ1n) is 8.87. The minimum absolute atomic E-state index is 0.112. The maximum absolute atomic E-state index is 12.8. The largest absolute Gasteiger partial charge is 0.493 e. The summed E-state index contributed by atoms with van der Waals surface area (Å²) in [5.41, 5.74) is 4.32.